The summed E-state index contributed by atoms with van der Waals surface area (Å²) < 4.78 is 7.24. The van der Waals surface area contributed by atoms with Crippen molar-refractivity contribution < 1.29 is 9.53 Å². The quantitative estimate of drug-likeness (QED) is 0.870. The van der Waals surface area contributed by atoms with Gasteiger partial charge in [0, 0.05) is 33.8 Å². The first kappa shape index (κ1) is 13.9. The minimum Gasteiger partial charge on any atom is -0.397 e. The number of amides is 1. The van der Waals surface area contributed by atoms with Crippen LogP contribution in [0.5, 0.6) is 0 Å². The number of nitrogen functional groups attached to an aromatic ring is 1. The molecule has 2 aromatic rings. The molecule has 0 unspecified atom stereocenters. The van der Waals surface area contributed by atoms with Gasteiger partial charge < -0.3 is 15.8 Å². The van der Waals surface area contributed by atoms with Crippen molar-refractivity contribution >= 4 is 48.9 Å². The smallest absolute Gasteiger partial charge is 0.263 e. The molecule has 0 atom stereocenters. The SMILES string of the molecule is Nc1c(C(=O)NC2CCOCC2)sc2cccc(Br)c12. The first-order valence-corrected chi connectivity index (χ1v) is 8.13. The Morgan fingerprint density at radius 1 is 1.40 bits per heavy atom. The number of halogens is 1. The van der Waals surface area contributed by atoms with Crippen molar-refractivity contribution in [3.05, 3.63) is 27.5 Å². The zero-order valence-electron chi connectivity index (χ0n) is 10.8. The van der Waals surface area contributed by atoms with Gasteiger partial charge in [-0.05, 0) is 25.0 Å². The van der Waals surface area contributed by atoms with Gasteiger partial charge in [0.1, 0.15) is 4.88 Å². The highest BCUT2D eigenvalue weighted by Crippen LogP contribution is 2.38. The highest BCUT2D eigenvalue weighted by atomic mass is 79.9. The van der Waals surface area contributed by atoms with Gasteiger partial charge in [0.2, 0.25) is 0 Å². The van der Waals surface area contributed by atoms with E-state index in [0.29, 0.717) is 23.8 Å². The summed E-state index contributed by atoms with van der Waals surface area (Å²) in [5.41, 5.74) is 6.70. The number of rotatable bonds is 2. The van der Waals surface area contributed by atoms with Crippen LogP contribution in [0, 0.1) is 0 Å². The van der Waals surface area contributed by atoms with Crippen LogP contribution in [0.15, 0.2) is 22.7 Å². The lowest BCUT2D eigenvalue weighted by Gasteiger charge is -2.22. The van der Waals surface area contributed by atoms with Crippen LogP contribution >= 0.6 is 27.3 Å². The molecule has 3 N–H and O–H groups in total. The number of nitrogens with two attached hydrogens (primary N) is 1. The van der Waals surface area contributed by atoms with Crippen molar-refractivity contribution in [2.45, 2.75) is 18.9 Å². The fourth-order valence-electron chi connectivity index (χ4n) is 2.39. The monoisotopic (exact) mass is 354 g/mol. The summed E-state index contributed by atoms with van der Waals surface area (Å²) in [6.07, 6.45) is 1.72. The molecule has 1 aromatic carbocycles. The number of nitrogens with one attached hydrogen (secondary N) is 1. The van der Waals surface area contributed by atoms with Crippen molar-refractivity contribution in [1.82, 2.24) is 5.32 Å². The third-order valence-electron chi connectivity index (χ3n) is 3.46. The highest BCUT2D eigenvalue weighted by Gasteiger charge is 2.21. The molecule has 0 radical (unpaired) electrons. The van der Waals surface area contributed by atoms with E-state index in [1.807, 2.05) is 18.2 Å². The molecular formula is C14H15BrN2O2S. The van der Waals surface area contributed by atoms with Crippen LogP contribution in [0.2, 0.25) is 0 Å². The largest absolute Gasteiger partial charge is 0.397 e. The number of carbonyl (C=O) groups excluding carboxylic acids is 1. The third kappa shape index (κ3) is 2.55. The summed E-state index contributed by atoms with van der Waals surface area (Å²) in [4.78, 5) is 13.0. The summed E-state index contributed by atoms with van der Waals surface area (Å²) in [6.45, 7) is 1.41. The predicted molar refractivity (Wildman–Crippen MR) is 85.2 cm³/mol. The number of benzene rings is 1. The molecule has 1 aliphatic rings. The Morgan fingerprint density at radius 2 is 2.15 bits per heavy atom. The average Bonchev–Trinajstić information content (AvgIpc) is 2.79. The van der Waals surface area contributed by atoms with E-state index in [0.717, 1.165) is 27.4 Å². The van der Waals surface area contributed by atoms with Crippen LogP contribution in [0.25, 0.3) is 10.1 Å². The lowest BCUT2D eigenvalue weighted by Crippen LogP contribution is -2.38. The van der Waals surface area contributed by atoms with Gasteiger partial charge in [0.25, 0.3) is 5.91 Å². The average molecular weight is 355 g/mol. The van der Waals surface area contributed by atoms with Crippen LogP contribution < -0.4 is 11.1 Å². The number of carbonyl (C=O) groups is 1. The van der Waals surface area contributed by atoms with E-state index in [-0.39, 0.29) is 11.9 Å². The number of anilines is 1. The predicted octanol–water partition coefficient (Wildman–Crippen LogP) is 3.15. The number of thiophene rings is 1. The van der Waals surface area contributed by atoms with Crippen LogP contribution in [0.4, 0.5) is 5.69 Å². The van der Waals surface area contributed by atoms with E-state index >= 15 is 0 Å². The lowest BCUT2D eigenvalue weighted by atomic mass is 10.1. The molecule has 1 saturated heterocycles. The van der Waals surface area contributed by atoms with Crippen LogP contribution in [-0.2, 0) is 4.74 Å². The molecule has 6 heteroatoms. The van der Waals surface area contributed by atoms with E-state index in [4.69, 9.17) is 10.5 Å². The van der Waals surface area contributed by atoms with Crippen molar-refractivity contribution in [3.63, 3.8) is 0 Å². The van der Waals surface area contributed by atoms with E-state index in [2.05, 4.69) is 21.2 Å². The second-order valence-electron chi connectivity index (χ2n) is 4.82. The number of ether oxygens (including phenoxy) is 1. The first-order valence-electron chi connectivity index (χ1n) is 6.52. The summed E-state index contributed by atoms with van der Waals surface area (Å²) >= 11 is 4.92. The molecule has 2 heterocycles. The molecule has 20 heavy (non-hydrogen) atoms. The van der Waals surface area contributed by atoms with E-state index in [1.165, 1.54) is 11.3 Å². The second-order valence-corrected chi connectivity index (χ2v) is 6.72. The van der Waals surface area contributed by atoms with Gasteiger partial charge in [-0.15, -0.1) is 11.3 Å². The van der Waals surface area contributed by atoms with Gasteiger partial charge in [-0.25, -0.2) is 0 Å². The maximum absolute atomic E-state index is 12.4. The van der Waals surface area contributed by atoms with Gasteiger partial charge in [-0.3, -0.25) is 4.79 Å². The maximum atomic E-state index is 12.4. The Balaban J connectivity index is 1.87. The Hall–Kier alpha value is -1.11. The van der Waals surface area contributed by atoms with Gasteiger partial charge in [0.05, 0.1) is 5.69 Å². The molecule has 1 fully saturated rings. The maximum Gasteiger partial charge on any atom is 0.263 e. The molecule has 1 aromatic heterocycles. The number of fused-ring (bicyclic) bond motifs is 1. The lowest BCUT2D eigenvalue weighted by molar-refractivity contribution is 0.0699. The molecular weight excluding hydrogens is 340 g/mol. The summed E-state index contributed by atoms with van der Waals surface area (Å²) in [6, 6.07) is 6.05. The minimum atomic E-state index is -0.0810. The molecule has 0 aliphatic carbocycles. The zero-order chi connectivity index (χ0) is 14.1. The molecule has 4 nitrogen and oxygen atoms in total. The van der Waals surface area contributed by atoms with Gasteiger partial charge >= 0.3 is 0 Å². The molecule has 0 spiro atoms. The van der Waals surface area contributed by atoms with E-state index in [1.54, 1.807) is 0 Å². The molecule has 106 valence electrons. The molecule has 1 aliphatic heterocycles. The van der Waals surface area contributed by atoms with Crippen molar-refractivity contribution in [2.24, 2.45) is 0 Å². The minimum absolute atomic E-state index is 0.0810. The molecule has 3 rings (SSSR count). The fraction of sp³-hybridized carbons (Fsp3) is 0.357. The summed E-state index contributed by atoms with van der Waals surface area (Å²) in [5.74, 6) is -0.0810. The van der Waals surface area contributed by atoms with Crippen LogP contribution in [0.3, 0.4) is 0 Å². The Morgan fingerprint density at radius 3 is 2.85 bits per heavy atom. The molecule has 0 bridgehead atoms. The topological polar surface area (TPSA) is 64.4 Å². The van der Waals surface area contributed by atoms with Crippen LogP contribution in [0.1, 0.15) is 22.5 Å². The number of hydrogen-bond donors (Lipinski definition) is 2. The zero-order valence-corrected chi connectivity index (χ0v) is 13.2. The van der Waals surface area contributed by atoms with Crippen molar-refractivity contribution in [2.75, 3.05) is 18.9 Å². The Kier molecular flexibility index (Phi) is 3.96. The Labute approximate surface area is 129 Å². The van der Waals surface area contributed by atoms with Crippen molar-refractivity contribution in [3.8, 4) is 0 Å². The van der Waals surface area contributed by atoms with Crippen molar-refractivity contribution in [1.29, 1.82) is 0 Å². The third-order valence-corrected chi connectivity index (χ3v) is 5.29. The van der Waals surface area contributed by atoms with Gasteiger partial charge in [-0.2, -0.15) is 0 Å². The molecule has 0 saturated carbocycles. The van der Waals surface area contributed by atoms with Gasteiger partial charge in [0.15, 0.2) is 0 Å². The summed E-state index contributed by atoms with van der Waals surface area (Å²) in [5, 5.41) is 3.98. The Bertz CT molecular complexity index is 650. The fourth-order valence-corrected chi connectivity index (χ4v) is 4.15. The number of hydrogen-bond acceptors (Lipinski definition) is 4. The van der Waals surface area contributed by atoms with E-state index < -0.39 is 0 Å². The standard InChI is InChI=1S/C14H15BrN2O2S/c15-9-2-1-3-10-11(9)12(16)13(20-10)14(18)17-8-4-6-19-7-5-8/h1-3,8H,4-7,16H2,(H,17,18). The normalized spacial score (nSPS) is 16.4. The second kappa shape index (κ2) is 5.71. The van der Waals surface area contributed by atoms with Crippen LogP contribution in [-0.4, -0.2) is 25.2 Å². The van der Waals surface area contributed by atoms with E-state index in [9.17, 15) is 4.79 Å². The van der Waals surface area contributed by atoms with Gasteiger partial charge in [-0.1, -0.05) is 22.0 Å². The highest BCUT2D eigenvalue weighted by molar-refractivity contribution is 9.10. The first-order chi connectivity index (χ1) is 9.66. The summed E-state index contributed by atoms with van der Waals surface area (Å²) in [7, 11) is 0. The molecule has 1 amide bonds.